The molecule has 2 aromatic rings. The summed E-state index contributed by atoms with van der Waals surface area (Å²) in [6.45, 7) is 6.05. The zero-order valence-electron chi connectivity index (χ0n) is 12.9. The number of aromatic nitrogens is 2. The Balaban J connectivity index is 0.000000636. The maximum absolute atomic E-state index is 4.47. The van der Waals surface area contributed by atoms with E-state index in [0.29, 0.717) is 0 Å². The molecule has 2 aliphatic rings. The summed E-state index contributed by atoms with van der Waals surface area (Å²) < 4.78 is 2.21. The fourth-order valence-corrected chi connectivity index (χ4v) is 2.61. The van der Waals surface area contributed by atoms with Gasteiger partial charge in [0.2, 0.25) is 0 Å². The van der Waals surface area contributed by atoms with Gasteiger partial charge in [0.25, 0.3) is 0 Å². The molecule has 1 N–H and O–H groups in total. The summed E-state index contributed by atoms with van der Waals surface area (Å²) in [6.07, 6.45) is 12.4. The molecule has 0 radical (unpaired) electrons. The third-order valence-electron chi connectivity index (χ3n) is 3.86. The lowest BCUT2D eigenvalue weighted by Gasteiger charge is -2.14. The summed E-state index contributed by atoms with van der Waals surface area (Å²) in [7, 11) is 0. The molecule has 1 aliphatic carbocycles. The Morgan fingerprint density at radius 1 is 1.19 bits per heavy atom. The predicted octanol–water partition coefficient (Wildman–Crippen LogP) is 3.91. The number of nitrogens with zero attached hydrogens (tertiary/aromatic N) is 2. The summed E-state index contributed by atoms with van der Waals surface area (Å²) >= 11 is 0. The van der Waals surface area contributed by atoms with Crippen LogP contribution >= 0.6 is 0 Å². The van der Waals surface area contributed by atoms with Crippen molar-refractivity contribution in [1.82, 2.24) is 14.7 Å². The van der Waals surface area contributed by atoms with E-state index >= 15 is 0 Å². The largest absolute Gasteiger partial charge is 0.313 e. The first kappa shape index (κ1) is 14.1. The van der Waals surface area contributed by atoms with Gasteiger partial charge in [-0.05, 0) is 55.2 Å². The van der Waals surface area contributed by atoms with Gasteiger partial charge >= 0.3 is 0 Å². The molecule has 0 atom stereocenters. The monoisotopic (exact) mass is 281 g/mol. The third kappa shape index (κ3) is 3.08. The minimum Gasteiger partial charge on any atom is -0.313 e. The normalized spacial score (nSPS) is 17.0. The van der Waals surface area contributed by atoms with Crippen LogP contribution in [0.25, 0.3) is 17.3 Å². The van der Waals surface area contributed by atoms with E-state index < -0.39 is 0 Å². The zero-order chi connectivity index (χ0) is 14.7. The number of nitrogens with one attached hydrogen (secondary N) is 1. The number of hydrogen-bond donors (Lipinski definition) is 1. The molecule has 21 heavy (non-hydrogen) atoms. The van der Waals surface area contributed by atoms with Crippen molar-refractivity contribution < 1.29 is 0 Å². The third-order valence-corrected chi connectivity index (χ3v) is 3.86. The van der Waals surface area contributed by atoms with Crippen LogP contribution in [0, 0.1) is 0 Å². The fourth-order valence-electron chi connectivity index (χ4n) is 2.61. The SMILES string of the molecule is C(=C1CC1)c1cnc2ccc(C3=CCNCC3)cn12.CC. The lowest BCUT2D eigenvalue weighted by molar-refractivity contribution is 0.738. The van der Waals surface area contributed by atoms with Gasteiger partial charge in [-0.15, -0.1) is 0 Å². The second-order valence-corrected chi connectivity index (χ2v) is 5.32. The number of imidazole rings is 1. The second-order valence-electron chi connectivity index (χ2n) is 5.32. The molecule has 1 saturated carbocycles. The molecule has 3 heterocycles. The molecule has 0 unspecified atom stereocenters. The molecule has 2 aromatic heterocycles. The summed E-state index contributed by atoms with van der Waals surface area (Å²) in [4.78, 5) is 4.47. The number of pyridine rings is 1. The van der Waals surface area contributed by atoms with Crippen LogP contribution in [-0.2, 0) is 0 Å². The molecule has 0 spiro atoms. The van der Waals surface area contributed by atoms with Crippen LogP contribution in [0.2, 0.25) is 0 Å². The Morgan fingerprint density at radius 3 is 2.76 bits per heavy atom. The summed E-state index contributed by atoms with van der Waals surface area (Å²) in [5.41, 5.74) is 6.54. The quantitative estimate of drug-likeness (QED) is 0.904. The van der Waals surface area contributed by atoms with Crippen LogP contribution in [0.1, 0.15) is 44.4 Å². The van der Waals surface area contributed by atoms with Gasteiger partial charge in [0, 0.05) is 12.7 Å². The van der Waals surface area contributed by atoms with E-state index in [1.807, 2.05) is 20.0 Å². The van der Waals surface area contributed by atoms with Crippen LogP contribution in [0.4, 0.5) is 0 Å². The van der Waals surface area contributed by atoms with Gasteiger partial charge in [0.1, 0.15) is 5.65 Å². The highest BCUT2D eigenvalue weighted by atomic mass is 15.0. The molecule has 0 saturated heterocycles. The van der Waals surface area contributed by atoms with Gasteiger partial charge in [0.15, 0.2) is 0 Å². The zero-order valence-corrected chi connectivity index (χ0v) is 12.9. The average Bonchev–Trinajstić information content (AvgIpc) is 3.30. The molecular weight excluding hydrogens is 258 g/mol. The van der Waals surface area contributed by atoms with E-state index in [1.54, 1.807) is 0 Å². The molecule has 0 amide bonds. The summed E-state index contributed by atoms with van der Waals surface area (Å²) in [5.74, 6) is 0. The van der Waals surface area contributed by atoms with Gasteiger partial charge in [-0.25, -0.2) is 4.98 Å². The highest BCUT2D eigenvalue weighted by molar-refractivity contribution is 5.68. The number of fused-ring (bicyclic) bond motifs is 1. The molecular formula is C18H23N3. The van der Waals surface area contributed by atoms with Crippen LogP contribution in [-0.4, -0.2) is 22.5 Å². The Bertz CT molecular complexity index is 686. The molecule has 0 bridgehead atoms. The number of hydrogen-bond acceptors (Lipinski definition) is 2. The van der Waals surface area contributed by atoms with Crippen molar-refractivity contribution in [1.29, 1.82) is 0 Å². The minimum absolute atomic E-state index is 0.980. The van der Waals surface area contributed by atoms with E-state index in [4.69, 9.17) is 0 Å². The second kappa shape index (κ2) is 6.27. The van der Waals surface area contributed by atoms with Crippen molar-refractivity contribution in [2.24, 2.45) is 0 Å². The van der Waals surface area contributed by atoms with Crippen molar-refractivity contribution in [2.45, 2.75) is 33.1 Å². The fraction of sp³-hybridized carbons (Fsp3) is 0.389. The highest BCUT2D eigenvalue weighted by Crippen LogP contribution is 2.30. The predicted molar refractivity (Wildman–Crippen MR) is 89.2 cm³/mol. The molecule has 1 fully saturated rings. The van der Waals surface area contributed by atoms with E-state index in [0.717, 1.165) is 25.2 Å². The van der Waals surface area contributed by atoms with Gasteiger partial charge < -0.3 is 5.32 Å². The maximum atomic E-state index is 4.47. The van der Waals surface area contributed by atoms with E-state index in [-0.39, 0.29) is 0 Å². The Hall–Kier alpha value is -1.87. The molecule has 4 rings (SSSR count). The lowest BCUT2D eigenvalue weighted by Crippen LogP contribution is -2.20. The molecule has 1 aliphatic heterocycles. The standard InChI is InChI=1S/C16H17N3.C2H6/c1-2-12(1)9-15-10-18-16-4-3-14(11-19(15)16)13-5-7-17-8-6-13;1-2/h3-5,9-11,17H,1-2,6-8H2;1-2H3. The number of rotatable bonds is 2. The van der Waals surface area contributed by atoms with Crippen molar-refractivity contribution in [3.63, 3.8) is 0 Å². The van der Waals surface area contributed by atoms with Crippen molar-refractivity contribution in [2.75, 3.05) is 13.1 Å². The first-order valence-electron chi connectivity index (χ1n) is 7.97. The van der Waals surface area contributed by atoms with E-state index in [9.17, 15) is 0 Å². The van der Waals surface area contributed by atoms with Gasteiger partial charge in [0.05, 0.1) is 11.9 Å². The van der Waals surface area contributed by atoms with Crippen molar-refractivity contribution in [3.05, 3.63) is 47.4 Å². The van der Waals surface area contributed by atoms with E-state index in [2.05, 4.69) is 45.2 Å². The Morgan fingerprint density at radius 2 is 2.05 bits per heavy atom. The smallest absolute Gasteiger partial charge is 0.137 e. The van der Waals surface area contributed by atoms with Crippen molar-refractivity contribution >= 4 is 17.3 Å². The Labute approximate surface area is 126 Å². The topological polar surface area (TPSA) is 29.3 Å². The number of allylic oxidation sites excluding steroid dienone is 1. The lowest BCUT2D eigenvalue weighted by atomic mass is 10.0. The Kier molecular flexibility index (Phi) is 4.20. The first-order valence-corrected chi connectivity index (χ1v) is 7.97. The minimum atomic E-state index is 0.980. The van der Waals surface area contributed by atoms with Crippen LogP contribution < -0.4 is 5.32 Å². The van der Waals surface area contributed by atoms with Crippen LogP contribution in [0.5, 0.6) is 0 Å². The molecule has 110 valence electrons. The van der Waals surface area contributed by atoms with Gasteiger partial charge in [-0.2, -0.15) is 0 Å². The average molecular weight is 281 g/mol. The van der Waals surface area contributed by atoms with Gasteiger partial charge in [-0.1, -0.05) is 25.5 Å². The van der Waals surface area contributed by atoms with Crippen LogP contribution in [0.3, 0.4) is 0 Å². The maximum Gasteiger partial charge on any atom is 0.137 e. The van der Waals surface area contributed by atoms with E-state index in [1.165, 1.54) is 35.2 Å². The van der Waals surface area contributed by atoms with Gasteiger partial charge in [-0.3, -0.25) is 4.40 Å². The highest BCUT2D eigenvalue weighted by Gasteiger charge is 2.13. The molecule has 3 nitrogen and oxygen atoms in total. The first-order chi connectivity index (χ1) is 10.4. The van der Waals surface area contributed by atoms with Crippen molar-refractivity contribution in [3.8, 4) is 0 Å². The molecule has 3 heteroatoms. The summed E-state index contributed by atoms with van der Waals surface area (Å²) in [5, 5.41) is 3.36. The summed E-state index contributed by atoms with van der Waals surface area (Å²) in [6, 6.07) is 4.31. The molecule has 0 aromatic carbocycles. The van der Waals surface area contributed by atoms with Crippen LogP contribution in [0.15, 0.2) is 36.2 Å².